The predicted octanol–water partition coefficient (Wildman–Crippen LogP) is 1.13. The second-order valence-corrected chi connectivity index (χ2v) is 5.19. The van der Waals surface area contributed by atoms with Crippen LogP contribution in [0.4, 0.5) is 5.69 Å². The fourth-order valence-corrected chi connectivity index (χ4v) is 2.75. The molecular formula is C13H15ClN4O2. The molecule has 0 spiro atoms. The Morgan fingerprint density at radius 1 is 1.30 bits per heavy atom. The van der Waals surface area contributed by atoms with Crippen molar-refractivity contribution in [2.24, 2.45) is 7.05 Å². The zero-order chi connectivity index (χ0) is 14.3. The van der Waals surface area contributed by atoms with Crippen molar-refractivity contribution in [3.05, 3.63) is 27.3 Å². The van der Waals surface area contributed by atoms with Gasteiger partial charge in [0.2, 0.25) is 0 Å². The molecule has 0 N–H and O–H groups in total. The SMILES string of the molecule is Cc1nnc(Cl)c2cc(N3CCOCC3)c(=O)n(C)c12. The topological polar surface area (TPSA) is 60.2 Å². The van der Waals surface area contributed by atoms with Gasteiger partial charge in [-0.15, -0.1) is 5.10 Å². The lowest BCUT2D eigenvalue weighted by atomic mass is 10.2. The van der Waals surface area contributed by atoms with Gasteiger partial charge in [0.25, 0.3) is 5.56 Å². The number of fused-ring (bicyclic) bond motifs is 1. The first kappa shape index (κ1) is 13.3. The summed E-state index contributed by atoms with van der Waals surface area (Å²) < 4.78 is 6.92. The Balaban J connectivity index is 2.27. The van der Waals surface area contributed by atoms with E-state index < -0.39 is 0 Å². The van der Waals surface area contributed by atoms with Gasteiger partial charge in [-0.25, -0.2) is 0 Å². The summed E-state index contributed by atoms with van der Waals surface area (Å²) in [5, 5.41) is 8.96. The molecule has 20 heavy (non-hydrogen) atoms. The van der Waals surface area contributed by atoms with E-state index >= 15 is 0 Å². The molecular weight excluding hydrogens is 280 g/mol. The molecule has 0 atom stereocenters. The van der Waals surface area contributed by atoms with Gasteiger partial charge in [0.1, 0.15) is 5.69 Å². The Morgan fingerprint density at radius 3 is 2.70 bits per heavy atom. The Bertz CT molecular complexity index is 722. The third kappa shape index (κ3) is 2.05. The molecule has 106 valence electrons. The average molecular weight is 295 g/mol. The molecule has 6 nitrogen and oxygen atoms in total. The maximum Gasteiger partial charge on any atom is 0.274 e. The predicted molar refractivity (Wildman–Crippen MR) is 77.6 cm³/mol. The summed E-state index contributed by atoms with van der Waals surface area (Å²) in [6.45, 7) is 4.48. The lowest BCUT2D eigenvalue weighted by molar-refractivity contribution is 0.122. The standard InChI is InChI=1S/C13H15ClN4O2/c1-8-11-9(12(14)16-15-8)7-10(13(19)17(11)2)18-3-5-20-6-4-18/h7H,3-6H2,1-2H3. The lowest BCUT2D eigenvalue weighted by Gasteiger charge is -2.28. The van der Waals surface area contributed by atoms with Crippen LogP contribution in [0.15, 0.2) is 10.9 Å². The Morgan fingerprint density at radius 2 is 2.00 bits per heavy atom. The van der Waals surface area contributed by atoms with Crippen molar-refractivity contribution >= 4 is 28.2 Å². The number of ether oxygens (including phenoxy) is 1. The Hall–Kier alpha value is -1.66. The monoisotopic (exact) mass is 294 g/mol. The summed E-state index contributed by atoms with van der Waals surface area (Å²) in [5.41, 5.74) is 2.01. The molecule has 1 aliphatic rings. The first-order valence-corrected chi connectivity index (χ1v) is 6.82. The minimum absolute atomic E-state index is 0.0495. The average Bonchev–Trinajstić information content (AvgIpc) is 2.47. The lowest BCUT2D eigenvalue weighted by Crippen LogP contribution is -2.40. The minimum Gasteiger partial charge on any atom is -0.378 e. The molecule has 2 aromatic heterocycles. The van der Waals surface area contributed by atoms with E-state index in [4.69, 9.17) is 16.3 Å². The van der Waals surface area contributed by atoms with E-state index in [9.17, 15) is 4.79 Å². The van der Waals surface area contributed by atoms with Crippen molar-refractivity contribution in [3.63, 3.8) is 0 Å². The number of aromatic nitrogens is 3. The van der Waals surface area contributed by atoms with Gasteiger partial charge >= 0.3 is 0 Å². The first-order valence-electron chi connectivity index (χ1n) is 6.45. The van der Waals surface area contributed by atoms with Crippen LogP contribution in [0.1, 0.15) is 5.69 Å². The van der Waals surface area contributed by atoms with E-state index in [0.717, 1.165) is 10.9 Å². The van der Waals surface area contributed by atoms with Gasteiger partial charge in [-0.2, -0.15) is 5.10 Å². The van der Waals surface area contributed by atoms with Crippen molar-refractivity contribution < 1.29 is 4.74 Å². The van der Waals surface area contributed by atoms with E-state index in [-0.39, 0.29) is 5.56 Å². The zero-order valence-electron chi connectivity index (χ0n) is 11.4. The number of halogens is 1. The quantitative estimate of drug-likeness (QED) is 0.789. The summed E-state index contributed by atoms with van der Waals surface area (Å²) in [4.78, 5) is 14.6. The largest absolute Gasteiger partial charge is 0.378 e. The van der Waals surface area contributed by atoms with Crippen molar-refractivity contribution in [1.82, 2.24) is 14.8 Å². The zero-order valence-corrected chi connectivity index (χ0v) is 12.1. The fraction of sp³-hybridized carbons (Fsp3) is 0.462. The number of aryl methyl sites for hydroxylation is 2. The van der Waals surface area contributed by atoms with Gasteiger partial charge in [-0.3, -0.25) is 4.79 Å². The van der Waals surface area contributed by atoms with Crippen molar-refractivity contribution in [2.45, 2.75) is 6.92 Å². The number of hydrogen-bond acceptors (Lipinski definition) is 5. The van der Waals surface area contributed by atoms with E-state index in [1.165, 1.54) is 0 Å². The van der Waals surface area contributed by atoms with E-state index in [1.54, 1.807) is 11.6 Å². The van der Waals surface area contributed by atoms with Crippen LogP contribution >= 0.6 is 11.6 Å². The molecule has 3 rings (SSSR count). The van der Waals surface area contributed by atoms with Crippen LogP contribution in [-0.4, -0.2) is 41.1 Å². The van der Waals surface area contributed by atoms with Gasteiger partial charge in [-0.05, 0) is 13.0 Å². The molecule has 0 aliphatic carbocycles. The molecule has 0 radical (unpaired) electrons. The molecule has 3 heterocycles. The molecule has 2 aromatic rings. The van der Waals surface area contributed by atoms with E-state index in [1.807, 2.05) is 17.9 Å². The van der Waals surface area contributed by atoms with Crippen molar-refractivity contribution in [3.8, 4) is 0 Å². The third-order valence-corrected chi connectivity index (χ3v) is 3.88. The summed E-state index contributed by atoms with van der Waals surface area (Å²) in [6, 6.07) is 1.81. The van der Waals surface area contributed by atoms with Crippen LogP contribution in [0.2, 0.25) is 5.15 Å². The Kier molecular flexibility index (Phi) is 3.35. The van der Waals surface area contributed by atoms with Crippen LogP contribution in [-0.2, 0) is 11.8 Å². The van der Waals surface area contributed by atoms with Crippen LogP contribution in [0.25, 0.3) is 10.9 Å². The highest BCUT2D eigenvalue weighted by Crippen LogP contribution is 2.25. The summed E-state index contributed by atoms with van der Waals surface area (Å²) in [7, 11) is 1.74. The molecule has 0 amide bonds. The number of morpholine rings is 1. The number of nitrogens with zero attached hydrogens (tertiary/aromatic N) is 4. The van der Waals surface area contributed by atoms with Crippen LogP contribution in [0, 0.1) is 6.92 Å². The van der Waals surface area contributed by atoms with E-state index in [0.29, 0.717) is 42.8 Å². The van der Waals surface area contributed by atoms with Crippen LogP contribution < -0.4 is 10.5 Å². The molecule has 0 saturated carbocycles. The number of hydrogen-bond donors (Lipinski definition) is 0. The number of pyridine rings is 1. The fourth-order valence-electron chi connectivity index (χ4n) is 2.57. The summed E-state index contributed by atoms with van der Waals surface area (Å²) in [5.74, 6) is 0. The molecule has 7 heteroatoms. The highest BCUT2D eigenvalue weighted by Gasteiger charge is 2.19. The Labute approximate surface area is 120 Å². The normalized spacial score (nSPS) is 15.8. The van der Waals surface area contributed by atoms with Gasteiger partial charge < -0.3 is 14.2 Å². The smallest absolute Gasteiger partial charge is 0.274 e. The molecule has 0 unspecified atom stereocenters. The maximum atomic E-state index is 12.5. The van der Waals surface area contributed by atoms with E-state index in [2.05, 4.69) is 10.2 Å². The third-order valence-electron chi connectivity index (χ3n) is 3.60. The second-order valence-electron chi connectivity index (χ2n) is 4.83. The number of rotatable bonds is 1. The molecule has 1 aliphatic heterocycles. The van der Waals surface area contributed by atoms with Crippen molar-refractivity contribution in [1.29, 1.82) is 0 Å². The highest BCUT2D eigenvalue weighted by atomic mass is 35.5. The van der Waals surface area contributed by atoms with Gasteiger partial charge in [0.05, 0.1) is 24.4 Å². The van der Waals surface area contributed by atoms with Crippen LogP contribution in [0.3, 0.4) is 0 Å². The highest BCUT2D eigenvalue weighted by molar-refractivity contribution is 6.34. The van der Waals surface area contributed by atoms with Crippen molar-refractivity contribution in [2.75, 3.05) is 31.2 Å². The van der Waals surface area contributed by atoms with Gasteiger partial charge in [0, 0.05) is 25.5 Å². The molecule has 1 fully saturated rings. The summed E-state index contributed by atoms with van der Waals surface area (Å²) in [6.07, 6.45) is 0. The first-order chi connectivity index (χ1) is 9.59. The van der Waals surface area contributed by atoms with Gasteiger partial charge in [-0.1, -0.05) is 11.6 Å². The molecule has 0 bridgehead atoms. The van der Waals surface area contributed by atoms with Gasteiger partial charge in [0.15, 0.2) is 5.15 Å². The minimum atomic E-state index is -0.0495. The number of anilines is 1. The molecule has 0 aromatic carbocycles. The molecule has 1 saturated heterocycles. The summed E-state index contributed by atoms with van der Waals surface area (Å²) >= 11 is 6.13. The maximum absolute atomic E-state index is 12.5. The van der Waals surface area contributed by atoms with Crippen LogP contribution in [0.5, 0.6) is 0 Å². The second kappa shape index (κ2) is 5.03.